The second-order valence-electron chi connectivity index (χ2n) is 4.75. The number of hydrogen-bond donors (Lipinski definition) is 1. The number of hydrogen-bond acceptors (Lipinski definition) is 2. The maximum absolute atomic E-state index is 4.10. The van der Waals surface area contributed by atoms with Crippen molar-refractivity contribution < 1.29 is 0 Å². The summed E-state index contributed by atoms with van der Waals surface area (Å²) in [5.41, 5.74) is 1.24. The van der Waals surface area contributed by atoms with Gasteiger partial charge in [0.25, 0.3) is 0 Å². The fourth-order valence-electron chi connectivity index (χ4n) is 1.52. The molecule has 1 atom stereocenters. The monoisotopic (exact) mass is 209 g/mol. The van der Waals surface area contributed by atoms with Crippen molar-refractivity contribution in [3.63, 3.8) is 0 Å². The zero-order valence-electron chi connectivity index (χ0n) is 10.3. The number of imidazole rings is 1. The van der Waals surface area contributed by atoms with Gasteiger partial charge in [0.1, 0.15) is 0 Å². The Morgan fingerprint density at radius 2 is 2.07 bits per heavy atom. The van der Waals surface area contributed by atoms with Gasteiger partial charge in [-0.3, -0.25) is 0 Å². The Kier molecular flexibility index (Phi) is 4.82. The van der Waals surface area contributed by atoms with Crippen LogP contribution >= 0.6 is 0 Å². The summed E-state index contributed by atoms with van der Waals surface area (Å²) >= 11 is 0. The lowest BCUT2D eigenvalue weighted by Crippen LogP contribution is -2.26. The summed E-state index contributed by atoms with van der Waals surface area (Å²) in [5, 5.41) is 3.52. The summed E-state index contributed by atoms with van der Waals surface area (Å²) in [6.45, 7) is 7.70. The van der Waals surface area contributed by atoms with E-state index in [0.717, 1.165) is 12.5 Å². The van der Waals surface area contributed by atoms with E-state index in [4.69, 9.17) is 0 Å². The molecule has 15 heavy (non-hydrogen) atoms. The van der Waals surface area contributed by atoms with Crippen LogP contribution in [0.5, 0.6) is 0 Å². The summed E-state index contributed by atoms with van der Waals surface area (Å²) in [6, 6.07) is 0.585. The van der Waals surface area contributed by atoms with Crippen LogP contribution < -0.4 is 5.32 Å². The first-order valence-corrected chi connectivity index (χ1v) is 5.78. The average Bonchev–Trinajstić information content (AvgIpc) is 2.58. The predicted octanol–water partition coefficient (Wildman–Crippen LogP) is 2.33. The van der Waals surface area contributed by atoms with E-state index in [9.17, 15) is 0 Å². The summed E-state index contributed by atoms with van der Waals surface area (Å²) < 4.78 is 2.06. The Bertz CT molecular complexity index is 278. The Labute approximate surface area is 92.9 Å². The number of rotatable bonds is 6. The summed E-state index contributed by atoms with van der Waals surface area (Å²) in [6.07, 6.45) is 6.30. The molecule has 3 heteroatoms. The molecule has 0 aliphatic rings. The third-order valence-electron chi connectivity index (χ3n) is 2.73. The van der Waals surface area contributed by atoms with E-state index in [1.54, 1.807) is 0 Å². The molecular formula is C12H23N3. The van der Waals surface area contributed by atoms with Crippen LogP contribution in [0.4, 0.5) is 0 Å². The third kappa shape index (κ3) is 4.47. The minimum atomic E-state index is 0.585. The van der Waals surface area contributed by atoms with Crippen molar-refractivity contribution in [2.24, 2.45) is 13.0 Å². The minimum Gasteiger partial charge on any atom is -0.337 e. The fraction of sp³-hybridized carbons (Fsp3) is 0.750. The van der Waals surface area contributed by atoms with Crippen LogP contribution in [-0.4, -0.2) is 15.6 Å². The molecule has 0 bridgehead atoms. The predicted molar refractivity (Wildman–Crippen MR) is 63.6 cm³/mol. The van der Waals surface area contributed by atoms with Gasteiger partial charge in [0, 0.05) is 25.8 Å². The molecule has 1 heterocycles. The molecule has 0 amide bonds. The van der Waals surface area contributed by atoms with Gasteiger partial charge in [-0.25, -0.2) is 4.98 Å². The van der Waals surface area contributed by atoms with E-state index in [0.29, 0.717) is 6.04 Å². The molecule has 0 saturated heterocycles. The standard InChI is InChI=1S/C12H23N3/c1-10(2)5-6-11(3)14-8-12-7-13-9-15(12)4/h7,9-11,14H,5-6,8H2,1-4H3. The second kappa shape index (κ2) is 5.91. The normalized spacial score (nSPS) is 13.4. The lowest BCUT2D eigenvalue weighted by molar-refractivity contribution is 0.446. The molecule has 1 unspecified atom stereocenters. The van der Waals surface area contributed by atoms with Gasteiger partial charge in [-0.2, -0.15) is 0 Å². The summed E-state index contributed by atoms with van der Waals surface area (Å²) in [5.74, 6) is 0.797. The molecule has 0 aliphatic heterocycles. The molecule has 0 aliphatic carbocycles. The van der Waals surface area contributed by atoms with Gasteiger partial charge in [0.2, 0.25) is 0 Å². The van der Waals surface area contributed by atoms with Gasteiger partial charge in [0.15, 0.2) is 0 Å². The molecule has 3 nitrogen and oxygen atoms in total. The second-order valence-corrected chi connectivity index (χ2v) is 4.75. The molecule has 0 saturated carbocycles. The lowest BCUT2D eigenvalue weighted by atomic mass is 10.0. The van der Waals surface area contributed by atoms with Gasteiger partial charge in [0.05, 0.1) is 12.0 Å². The highest BCUT2D eigenvalue weighted by atomic mass is 15.0. The van der Waals surface area contributed by atoms with Crippen LogP contribution in [-0.2, 0) is 13.6 Å². The van der Waals surface area contributed by atoms with Crippen LogP contribution in [0.25, 0.3) is 0 Å². The number of nitrogens with zero attached hydrogens (tertiary/aromatic N) is 2. The Balaban J connectivity index is 2.22. The fourth-order valence-corrected chi connectivity index (χ4v) is 1.52. The quantitative estimate of drug-likeness (QED) is 0.779. The smallest absolute Gasteiger partial charge is 0.0945 e. The molecule has 0 spiro atoms. The van der Waals surface area contributed by atoms with Crippen molar-refractivity contribution >= 4 is 0 Å². The van der Waals surface area contributed by atoms with Crippen molar-refractivity contribution in [3.8, 4) is 0 Å². The van der Waals surface area contributed by atoms with E-state index >= 15 is 0 Å². The van der Waals surface area contributed by atoms with Crippen LogP contribution in [0.15, 0.2) is 12.5 Å². The third-order valence-corrected chi connectivity index (χ3v) is 2.73. The molecule has 0 radical (unpaired) electrons. The van der Waals surface area contributed by atoms with Gasteiger partial charge in [-0.15, -0.1) is 0 Å². The highest BCUT2D eigenvalue weighted by molar-refractivity contribution is 4.96. The lowest BCUT2D eigenvalue weighted by Gasteiger charge is -2.14. The van der Waals surface area contributed by atoms with Crippen LogP contribution in [0.2, 0.25) is 0 Å². The molecule has 0 fully saturated rings. The first-order chi connectivity index (χ1) is 7.09. The largest absolute Gasteiger partial charge is 0.337 e. The van der Waals surface area contributed by atoms with E-state index in [-0.39, 0.29) is 0 Å². The van der Waals surface area contributed by atoms with Gasteiger partial charge in [-0.05, 0) is 25.7 Å². The maximum atomic E-state index is 4.10. The highest BCUT2D eigenvalue weighted by Crippen LogP contribution is 2.07. The first-order valence-electron chi connectivity index (χ1n) is 5.78. The van der Waals surface area contributed by atoms with Crippen molar-refractivity contribution in [1.82, 2.24) is 14.9 Å². The summed E-state index contributed by atoms with van der Waals surface area (Å²) in [4.78, 5) is 4.10. The highest BCUT2D eigenvalue weighted by Gasteiger charge is 2.04. The zero-order valence-corrected chi connectivity index (χ0v) is 10.3. The molecule has 0 aromatic carbocycles. The van der Waals surface area contributed by atoms with Crippen molar-refractivity contribution in [2.45, 2.75) is 46.2 Å². The SMILES string of the molecule is CC(C)CCC(C)NCc1cncn1C. The Morgan fingerprint density at radius 1 is 1.33 bits per heavy atom. The van der Waals surface area contributed by atoms with Crippen LogP contribution in [0, 0.1) is 5.92 Å². The zero-order chi connectivity index (χ0) is 11.3. The average molecular weight is 209 g/mol. The number of nitrogens with one attached hydrogen (secondary N) is 1. The summed E-state index contributed by atoms with van der Waals surface area (Å²) in [7, 11) is 2.03. The Morgan fingerprint density at radius 3 is 2.60 bits per heavy atom. The van der Waals surface area contributed by atoms with E-state index in [1.807, 2.05) is 19.6 Å². The first kappa shape index (κ1) is 12.2. The molecule has 1 rings (SSSR count). The van der Waals surface area contributed by atoms with Crippen molar-refractivity contribution in [2.75, 3.05) is 0 Å². The Hall–Kier alpha value is -0.830. The number of aromatic nitrogens is 2. The maximum Gasteiger partial charge on any atom is 0.0945 e. The van der Waals surface area contributed by atoms with Crippen molar-refractivity contribution in [1.29, 1.82) is 0 Å². The van der Waals surface area contributed by atoms with E-state index in [1.165, 1.54) is 18.5 Å². The molecule has 1 aromatic heterocycles. The van der Waals surface area contributed by atoms with E-state index < -0.39 is 0 Å². The van der Waals surface area contributed by atoms with Gasteiger partial charge < -0.3 is 9.88 Å². The van der Waals surface area contributed by atoms with Gasteiger partial charge in [-0.1, -0.05) is 13.8 Å². The van der Waals surface area contributed by atoms with Crippen LogP contribution in [0.3, 0.4) is 0 Å². The van der Waals surface area contributed by atoms with Crippen LogP contribution in [0.1, 0.15) is 39.3 Å². The van der Waals surface area contributed by atoms with Gasteiger partial charge >= 0.3 is 0 Å². The molecular weight excluding hydrogens is 186 g/mol. The van der Waals surface area contributed by atoms with E-state index in [2.05, 4.69) is 35.6 Å². The molecule has 86 valence electrons. The topological polar surface area (TPSA) is 29.9 Å². The van der Waals surface area contributed by atoms with Crippen molar-refractivity contribution in [3.05, 3.63) is 18.2 Å². The molecule has 1 aromatic rings. The molecule has 1 N–H and O–H groups in total. The number of aryl methyl sites for hydroxylation is 1. The minimum absolute atomic E-state index is 0.585.